The first kappa shape index (κ1) is 36.2. The molecule has 0 fully saturated rings. The average molecular weight is 675 g/mol. The molecule has 12 heteroatoms. The van der Waals surface area contributed by atoms with Crippen LogP contribution in [0.1, 0.15) is 48.3 Å². The lowest BCUT2D eigenvalue weighted by Gasteiger charge is -2.33. The van der Waals surface area contributed by atoms with Crippen molar-refractivity contribution in [3.63, 3.8) is 0 Å². The second-order valence-corrected chi connectivity index (χ2v) is 10.8. The Labute approximate surface area is 273 Å². The smallest absolute Gasteiger partial charge is 0.432 e. The van der Waals surface area contributed by atoms with Crippen LogP contribution in [0.4, 0.5) is 26.3 Å². The summed E-state index contributed by atoms with van der Waals surface area (Å²) in [5, 5.41) is 0. The lowest BCUT2D eigenvalue weighted by Crippen LogP contribution is -2.51. The lowest BCUT2D eigenvalue weighted by atomic mass is 9.92. The van der Waals surface area contributed by atoms with E-state index in [4.69, 9.17) is 18.9 Å². The summed E-state index contributed by atoms with van der Waals surface area (Å²) in [6.07, 6.45) is -12.4. The van der Waals surface area contributed by atoms with Crippen molar-refractivity contribution in [2.45, 2.75) is 49.6 Å². The topological polar surface area (TPSA) is 71.1 Å². The lowest BCUT2D eigenvalue weighted by molar-refractivity contribution is -0.279. The van der Waals surface area contributed by atoms with Crippen LogP contribution in [0.25, 0.3) is 11.1 Å². The Bertz CT molecular complexity index is 1550. The van der Waals surface area contributed by atoms with Crippen molar-refractivity contribution in [2.24, 2.45) is 0 Å². The maximum Gasteiger partial charge on any atom is 0.432 e. The SMILES string of the molecule is COC(C(=O)O[C@@H](C)c1ccc(-c2ccc([C@H](C)OC(=O)C(OC)(c3ccccc3)C(F)(F)F)cc2)cc1)(c1ccccc1)C(F)(F)F. The number of benzene rings is 4. The monoisotopic (exact) mass is 674 g/mol. The molecule has 0 spiro atoms. The zero-order valence-electron chi connectivity index (χ0n) is 26.3. The number of hydrogen-bond donors (Lipinski definition) is 0. The van der Waals surface area contributed by atoms with Crippen LogP contribution < -0.4 is 0 Å². The fourth-order valence-corrected chi connectivity index (χ4v) is 5.29. The molecule has 0 N–H and O–H groups in total. The average Bonchev–Trinajstić information content (AvgIpc) is 3.05. The van der Waals surface area contributed by atoms with E-state index in [9.17, 15) is 35.9 Å². The van der Waals surface area contributed by atoms with Crippen LogP contribution in [0.5, 0.6) is 0 Å². The number of carbonyl (C=O) groups excluding carboxylic acids is 2. The molecule has 0 heterocycles. The van der Waals surface area contributed by atoms with Crippen molar-refractivity contribution in [3.05, 3.63) is 131 Å². The summed E-state index contributed by atoms with van der Waals surface area (Å²) in [6.45, 7) is 2.86. The van der Waals surface area contributed by atoms with E-state index < -0.39 is 58.8 Å². The zero-order chi connectivity index (χ0) is 35.3. The molecular weight excluding hydrogens is 642 g/mol. The highest BCUT2D eigenvalue weighted by Gasteiger charge is 2.65. The van der Waals surface area contributed by atoms with Gasteiger partial charge in [0.15, 0.2) is 0 Å². The Morgan fingerprint density at radius 3 is 1.04 bits per heavy atom. The molecule has 0 saturated heterocycles. The molecule has 0 aliphatic carbocycles. The second-order valence-electron chi connectivity index (χ2n) is 10.8. The molecule has 4 atom stereocenters. The van der Waals surface area contributed by atoms with Gasteiger partial charge in [-0.05, 0) is 36.1 Å². The van der Waals surface area contributed by atoms with E-state index in [1.807, 2.05) is 0 Å². The molecule has 254 valence electrons. The first-order chi connectivity index (χ1) is 22.6. The van der Waals surface area contributed by atoms with Gasteiger partial charge in [0.1, 0.15) is 12.2 Å². The van der Waals surface area contributed by atoms with Gasteiger partial charge >= 0.3 is 24.3 Å². The van der Waals surface area contributed by atoms with Gasteiger partial charge in [0, 0.05) is 25.3 Å². The molecule has 6 nitrogen and oxygen atoms in total. The van der Waals surface area contributed by atoms with Crippen molar-refractivity contribution in [1.82, 2.24) is 0 Å². The highest BCUT2D eigenvalue weighted by atomic mass is 19.4. The van der Waals surface area contributed by atoms with Gasteiger partial charge in [-0.25, -0.2) is 9.59 Å². The molecule has 0 aliphatic rings. The Kier molecular flexibility index (Phi) is 10.7. The number of alkyl halides is 6. The van der Waals surface area contributed by atoms with E-state index in [-0.39, 0.29) is 0 Å². The Balaban J connectivity index is 1.48. The van der Waals surface area contributed by atoms with Crippen LogP contribution in [0.15, 0.2) is 109 Å². The van der Waals surface area contributed by atoms with Gasteiger partial charge in [0.25, 0.3) is 11.2 Å². The molecule has 0 amide bonds. The highest BCUT2D eigenvalue weighted by molar-refractivity contribution is 5.83. The van der Waals surface area contributed by atoms with Crippen molar-refractivity contribution in [3.8, 4) is 11.1 Å². The summed E-state index contributed by atoms with van der Waals surface area (Å²) >= 11 is 0. The molecule has 0 aliphatic heterocycles. The van der Waals surface area contributed by atoms with E-state index in [0.717, 1.165) is 38.5 Å². The van der Waals surface area contributed by atoms with Gasteiger partial charge in [0.05, 0.1) is 0 Å². The minimum Gasteiger partial charge on any atom is -0.455 e. The normalized spacial score (nSPS) is 15.8. The number of halogens is 6. The van der Waals surface area contributed by atoms with Gasteiger partial charge in [0.2, 0.25) is 0 Å². The minimum absolute atomic E-state index is 0.411. The van der Waals surface area contributed by atoms with Crippen molar-refractivity contribution < 1.29 is 54.9 Å². The highest BCUT2D eigenvalue weighted by Crippen LogP contribution is 2.45. The van der Waals surface area contributed by atoms with Crippen LogP contribution in [0.2, 0.25) is 0 Å². The van der Waals surface area contributed by atoms with Crippen molar-refractivity contribution in [1.29, 1.82) is 0 Å². The summed E-state index contributed by atoms with van der Waals surface area (Å²) in [7, 11) is 1.58. The van der Waals surface area contributed by atoms with Crippen molar-refractivity contribution >= 4 is 11.9 Å². The first-order valence-electron chi connectivity index (χ1n) is 14.6. The fourth-order valence-electron chi connectivity index (χ4n) is 5.29. The molecule has 2 unspecified atom stereocenters. The molecule has 0 aromatic heterocycles. The molecule has 48 heavy (non-hydrogen) atoms. The molecular formula is C36H32F6O6. The van der Waals surface area contributed by atoms with Gasteiger partial charge in [-0.3, -0.25) is 0 Å². The molecule has 4 aromatic rings. The van der Waals surface area contributed by atoms with Gasteiger partial charge in [-0.15, -0.1) is 0 Å². The fraction of sp³-hybridized carbons (Fsp3) is 0.278. The Morgan fingerprint density at radius 1 is 0.500 bits per heavy atom. The Morgan fingerprint density at radius 2 is 0.792 bits per heavy atom. The molecule has 4 aromatic carbocycles. The standard InChI is InChI=1S/C36H32F6O6/c1-23(47-31(43)33(45-3,35(37,38)39)29-11-7-5-8-12-29)25-15-19-27(20-16-25)28-21-17-26(18-22-28)24(2)48-32(44)34(46-4,36(40,41)42)30-13-9-6-10-14-30/h5-24H,1-4H3/t23-,24-,33?,34?/m0/s1. The summed E-state index contributed by atoms with van der Waals surface area (Å²) in [6, 6.07) is 26.0. The zero-order valence-corrected chi connectivity index (χ0v) is 26.3. The van der Waals surface area contributed by atoms with Crippen LogP contribution >= 0.6 is 0 Å². The predicted octanol–water partition coefficient (Wildman–Crippen LogP) is 8.77. The van der Waals surface area contributed by atoms with Crippen LogP contribution in [0, 0.1) is 0 Å². The van der Waals surface area contributed by atoms with Gasteiger partial charge in [-0.2, -0.15) is 26.3 Å². The molecule has 0 bridgehead atoms. The number of carbonyl (C=O) groups is 2. The van der Waals surface area contributed by atoms with Crippen LogP contribution in [-0.2, 0) is 39.7 Å². The maximum atomic E-state index is 14.2. The predicted molar refractivity (Wildman–Crippen MR) is 163 cm³/mol. The maximum absolute atomic E-state index is 14.2. The number of hydrogen-bond acceptors (Lipinski definition) is 6. The largest absolute Gasteiger partial charge is 0.455 e. The number of methoxy groups -OCH3 is 2. The number of esters is 2. The molecule has 4 rings (SSSR count). The van der Waals surface area contributed by atoms with Gasteiger partial charge < -0.3 is 18.9 Å². The van der Waals surface area contributed by atoms with E-state index in [0.29, 0.717) is 22.3 Å². The molecule has 0 radical (unpaired) electrons. The van der Waals surface area contributed by atoms with E-state index in [1.54, 1.807) is 48.5 Å². The third kappa shape index (κ3) is 6.81. The summed E-state index contributed by atoms with van der Waals surface area (Å²) in [5.41, 5.74) is -5.31. The summed E-state index contributed by atoms with van der Waals surface area (Å²) < 4.78 is 105. The first-order valence-corrected chi connectivity index (χ1v) is 14.6. The van der Waals surface area contributed by atoms with Crippen LogP contribution in [-0.4, -0.2) is 38.5 Å². The molecule has 0 saturated carbocycles. The third-order valence-electron chi connectivity index (χ3n) is 8.01. The van der Waals surface area contributed by atoms with Gasteiger partial charge in [-0.1, -0.05) is 109 Å². The van der Waals surface area contributed by atoms with Crippen LogP contribution in [0.3, 0.4) is 0 Å². The quantitative estimate of drug-likeness (QED) is 0.117. The van der Waals surface area contributed by atoms with E-state index in [2.05, 4.69) is 0 Å². The third-order valence-corrected chi connectivity index (χ3v) is 8.01. The number of rotatable bonds is 11. The van der Waals surface area contributed by atoms with E-state index in [1.165, 1.54) is 50.2 Å². The van der Waals surface area contributed by atoms with E-state index >= 15 is 0 Å². The summed E-state index contributed by atoms with van der Waals surface area (Å²) in [5.74, 6) is -3.24. The second kappa shape index (κ2) is 14.2. The van der Waals surface area contributed by atoms with Crippen molar-refractivity contribution in [2.75, 3.05) is 14.2 Å². The number of ether oxygens (including phenoxy) is 4. The Hall–Kier alpha value is -4.68. The summed E-state index contributed by atoms with van der Waals surface area (Å²) in [4.78, 5) is 26.0. The minimum atomic E-state index is -5.11.